The van der Waals surface area contributed by atoms with Crippen LogP contribution in [0.4, 0.5) is 0 Å². The van der Waals surface area contributed by atoms with Crippen molar-refractivity contribution in [3.05, 3.63) is 12.2 Å². The number of aliphatic hydroxyl groups is 2. The molecule has 0 heterocycles. The van der Waals surface area contributed by atoms with Gasteiger partial charge in [0.05, 0.1) is 5.54 Å². The highest BCUT2D eigenvalue weighted by Crippen LogP contribution is 2.18. The molecule has 160 valence electrons. The maximum atomic E-state index is 12.2. The highest BCUT2D eigenvalue weighted by atomic mass is 16.3. The van der Waals surface area contributed by atoms with E-state index in [1.54, 1.807) is 0 Å². The van der Waals surface area contributed by atoms with Crippen LogP contribution in [0.3, 0.4) is 0 Å². The Morgan fingerprint density at radius 1 is 0.778 bits per heavy atom. The fourth-order valence-electron chi connectivity index (χ4n) is 3.41. The normalized spacial score (nSPS) is 12.1. The van der Waals surface area contributed by atoms with E-state index in [1.807, 2.05) is 0 Å². The topological polar surface area (TPSA) is 83.6 Å². The Morgan fingerprint density at radius 2 is 1.22 bits per heavy atom. The lowest BCUT2D eigenvalue weighted by molar-refractivity contribution is -0.125. The Kier molecular flexibility index (Phi) is 18.2. The molecule has 0 radical (unpaired) electrons. The largest absolute Gasteiger partial charge is 0.396 e. The summed E-state index contributed by atoms with van der Waals surface area (Å²) in [4.78, 5) is 12.2. The van der Waals surface area contributed by atoms with E-state index in [4.69, 9.17) is 15.9 Å². The maximum absolute atomic E-state index is 12.2. The van der Waals surface area contributed by atoms with Gasteiger partial charge in [-0.25, -0.2) is 0 Å². The lowest BCUT2D eigenvalue weighted by Crippen LogP contribution is -2.49. The quantitative estimate of drug-likeness (QED) is 0.203. The van der Waals surface area contributed by atoms with Gasteiger partial charge < -0.3 is 15.9 Å². The van der Waals surface area contributed by atoms with Crippen LogP contribution in [0.1, 0.15) is 110 Å². The number of hydrogen-bond acceptors (Lipinski definition) is 4. The predicted molar refractivity (Wildman–Crippen MR) is 115 cm³/mol. The van der Waals surface area contributed by atoms with Crippen LogP contribution < -0.4 is 5.73 Å². The number of rotatable bonds is 20. The molecule has 4 nitrogen and oxygen atoms in total. The summed E-state index contributed by atoms with van der Waals surface area (Å²) in [5.74, 6) is -0.0248. The molecule has 0 aliphatic heterocycles. The molecule has 4 heteroatoms. The van der Waals surface area contributed by atoms with Crippen molar-refractivity contribution in [2.45, 2.75) is 115 Å². The summed E-state index contributed by atoms with van der Waals surface area (Å²) < 4.78 is 0. The van der Waals surface area contributed by atoms with Gasteiger partial charge in [0.2, 0.25) is 0 Å². The van der Waals surface area contributed by atoms with E-state index < -0.39 is 5.54 Å². The first kappa shape index (κ1) is 26.3. The maximum Gasteiger partial charge on any atom is 0.152 e. The summed E-state index contributed by atoms with van der Waals surface area (Å²) in [6.07, 6.45) is 21.6. The molecule has 0 saturated carbocycles. The van der Waals surface area contributed by atoms with Gasteiger partial charge in [-0.2, -0.15) is 0 Å². The Labute approximate surface area is 167 Å². The number of aliphatic hydroxyl groups excluding tert-OH is 2. The van der Waals surface area contributed by atoms with E-state index >= 15 is 0 Å². The zero-order valence-corrected chi connectivity index (χ0v) is 17.8. The van der Waals surface area contributed by atoms with Crippen LogP contribution in [-0.2, 0) is 4.79 Å². The van der Waals surface area contributed by atoms with E-state index in [1.165, 1.54) is 57.8 Å². The second-order valence-electron chi connectivity index (χ2n) is 7.86. The monoisotopic (exact) mass is 383 g/mol. The molecule has 0 aliphatic rings. The minimum atomic E-state index is -1.05. The van der Waals surface area contributed by atoms with Gasteiger partial charge in [0, 0.05) is 19.6 Å². The summed E-state index contributed by atoms with van der Waals surface area (Å²) >= 11 is 0. The fraction of sp³-hybridized carbons (Fsp3) is 0.870. The highest BCUT2D eigenvalue weighted by molar-refractivity contribution is 5.88. The average molecular weight is 384 g/mol. The number of carbonyl (C=O) groups excluding carboxylic acids is 1. The Hall–Kier alpha value is -0.710. The number of carbonyl (C=O) groups is 1. The smallest absolute Gasteiger partial charge is 0.152 e. The number of nitrogens with two attached hydrogens (primary N) is 1. The fourth-order valence-corrected chi connectivity index (χ4v) is 3.41. The number of Topliss-reactive ketones (excluding diaryl/α,β-unsaturated/α-hetero) is 1. The van der Waals surface area contributed by atoms with Crippen molar-refractivity contribution in [2.24, 2.45) is 5.73 Å². The third kappa shape index (κ3) is 15.0. The molecule has 0 aromatic rings. The molecule has 0 spiro atoms. The van der Waals surface area contributed by atoms with Crippen molar-refractivity contribution in [1.29, 1.82) is 0 Å². The molecule has 0 unspecified atom stereocenters. The second-order valence-corrected chi connectivity index (χ2v) is 7.86. The van der Waals surface area contributed by atoms with Crippen molar-refractivity contribution in [3.8, 4) is 0 Å². The summed E-state index contributed by atoms with van der Waals surface area (Å²) in [6, 6.07) is 0. The Bertz CT molecular complexity index is 363. The molecule has 0 aromatic heterocycles. The number of ketones is 1. The van der Waals surface area contributed by atoms with Crippen molar-refractivity contribution in [1.82, 2.24) is 0 Å². The van der Waals surface area contributed by atoms with Crippen molar-refractivity contribution in [2.75, 3.05) is 13.2 Å². The zero-order chi connectivity index (χ0) is 20.2. The van der Waals surface area contributed by atoms with Crippen molar-refractivity contribution >= 4 is 5.78 Å². The summed E-state index contributed by atoms with van der Waals surface area (Å²) in [5.41, 5.74) is 4.99. The Morgan fingerprint density at radius 3 is 1.70 bits per heavy atom. The molecule has 0 fully saturated rings. The molecule has 0 aromatic carbocycles. The van der Waals surface area contributed by atoms with E-state index in [9.17, 15) is 4.79 Å². The predicted octanol–water partition coefficient (Wildman–Crippen LogP) is 5.06. The minimum Gasteiger partial charge on any atom is -0.396 e. The van der Waals surface area contributed by atoms with Gasteiger partial charge in [0.1, 0.15) is 0 Å². The third-order valence-electron chi connectivity index (χ3n) is 5.34. The number of allylic oxidation sites excluding steroid dienone is 2. The molecule has 27 heavy (non-hydrogen) atoms. The average Bonchev–Trinajstić information content (AvgIpc) is 2.65. The molecule has 0 saturated heterocycles. The SMILES string of the molecule is CCCCCCCC/C=C\CCCCCCCC(=O)C(N)(CCO)CCO. The second kappa shape index (κ2) is 18.6. The molecule has 0 rings (SSSR count). The summed E-state index contributed by atoms with van der Waals surface area (Å²) in [5, 5.41) is 18.1. The molecule has 0 amide bonds. The van der Waals surface area contributed by atoms with Crippen LogP contribution in [0.2, 0.25) is 0 Å². The van der Waals surface area contributed by atoms with Crippen molar-refractivity contribution in [3.63, 3.8) is 0 Å². The van der Waals surface area contributed by atoms with Gasteiger partial charge >= 0.3 is 0 Å². The Balaban J connectivity index is 3.53. The molecule has 0 atom stereocenters. The minimum absolute atomic E-state index is 0.0248. The lowest BCUT2D eigenvalue weighted by Gasteiger charge is -2.26. The van der Waals surface area contributed by atoms with Crippen molar-refractivity contribution < 1.29 is 15.0 Å². The van der Waals surface area contributed by atoms with Crippen LogP contribution in [0.25, 0.3) is 0 Å². The van der Waals surface area contributed by atoms with Crippen LogP contribution in [-0.4, -0.2) is 34.7 Å². The first-order valence-corrected chi connectivity index (χ1v) is 11.3. The molecule has 0 bridgehead atoms. The van der Waals surface area contributed by atoms with Crippen LogP contribution >= 0.6 is 0 Å². The van der Waals surface area contributed by atoms with Gasteiger partial charge in [-0.05, 0) is 44.9 Å². The highest BCUT2D eigenvalue weighted by Gasteiger charge is 2.31. The summed E-state index contributed by atoms with van der Waals surface area (Å²) in [7, 11) is 0. The first-order chi connectivity index (χ1) is 13.1. The van der Waals surface area contributed by atoms with E-state index in [0.29, 0.717) is 6.42 Å². The summed E-state index contributed by atoms with van der Waals surface area (Å²) in [6.45, 7) is 2.02. The van der Waals surface area contributed by atoms with Gasteiger partial charge in [-0.3, -0.25) is 4.79 Å². The van der Waals surface area contributed by atoms with Gasteiger partial charge in [-0.15, -0.1) is 0 Å². The van der Waals surface area contributed by atoms with Crippen LogP contribution in [0, 0.1) is 0 Å². The lowest BCUT2D eigenvalue weighted by atomic mass is 9.85. The van der Waals surface area contributed by atoms with E-state index in [2.05, 4.69) is 19.1 Å². The van der Waals surface area contributed by atoms with Crippen LogP contribution in [0.5, 0.6) is 0 Å². The first-order valence-electron chi connectivity index (χ1n) is 11.3. The van der Waals surface area contributed by atoms with E-state index in [0.717, 1.165) is 25.7 Å². The molecular formula is C23H45NO3. The molecule has 4 N–H and O–H groups in total. The standard InChI is InChI=1S/C23H45NO3/c1-2-3-4-5-6-7-8-9-10-11-12-13-14-15-16-17-22(27)23(24,18-20-25)19-21-26/h9-10,25-26H,2-8,11-21,24H2,1H3/b10-9-. The number of hydrogen-bond donors (Lipinski definition) is 3. The van der Waals surface area contributed by atoms with Gasteiger partial charge in [0.25, 0.3) is 0 Å². The van der Waals surface area contributed by atoms with Crippen LogP contribution in [0.15, 0.2) is 12.2 Å². The molecule has 0 aliphatic carbocycles. The molecular weight excluding hydrogens is 338 g/mol. The van der Waals surface area contributed by atoms with Gasteiger partial charge in [-0.1, -0.05) is 70.4 Å². The number of unbranched alkanes of at least 4 members (excludes halogenated alkanes) is 11. The third-order valence-corrected chi connectivity index (χ3v) is 5.34. The van der Waals surface area contributed by atoms with E-state index in [-0.39, 0.29) is 31.8 Å². The van der Waals surface area contributed by atoms with Gasteiger partial charge in [0.15, 0.2) is 5.78 Å². The zero-order valence-electron chi connectivity index (χ0n) is 17.8.